The van der Waals surface area contributed by atoms with Crippen molar-refractivity contribution in [1.29, 1.82) is 0 Å². The third kappa shape index (κ3) is 4.28. The zero-order valence-corrected chi connectivity index (χ0v) is 14.2. The van der Waals surface area contributed by atoms with Crippen molar-refractivity contribution in [3.8, 4) is 0 Å². The summed E-state index contributed by atoms with van der Waals surface area (Å²) in [5, 5.41) is 0. The summed E-state index contributed by atoms with van der Waals surface area (Å²) >= 11 is 0. The lowest BCUT2D eigenvalue weighted by Gasteiger charge is -2.48. The van der Waals surface area contributed by atoms with Gasteiger partial charge in [-0.05, 0) is 29.6 Å². The molecule has 0 aromatic rings. The van der Waals surface area contributed by atoms with Crippen molar-refractivity contribution in [2.75, 3.05) is 0 Å². The molecule has 0 nitrogen and oxygen atoms in total. The highest BCUT2D eigenvalue weighted by Gasteiger charge is 2.41. The van der Waals surface area contributed by atoms with Crippen LogP contribution in [0.5, 0.6) is 0 Å². The van der Waals surface area contributed by atoms with Crippen LogP contribution in [0.4, 0.5) is 0 Å². The molecule has 0 N–H and O–H groups in total. The van der Waals surface area contributed by atoms with Gasteiger partial charge in [0.2, 0.25) is 0 Å². The molecule has 0 fully saturated rings. The molecule has 0 aromatic heterocycles. The lowest BCUT2D eigenvalue weighted by molar-refractivity contribution is 0.0115. The summed E-state index contributed by atoms with van der Waals surface area (Å²) < 4.78 is 0. The molecule has 0 aliphatic heterocycles. The molecular weight excluding hydrogens is 216 g/mol. The van der Waals surface area contributed by atoms with Gasteiger partial charge >= 0.3 is 0 Å². The van der Waals surface area contributed by atoms with Crippen LogP contribution in [0.15, 0.2) is 0 Å². The first-order valence-electron chi connectivity index (χ1n) is 8.47. The average Bonchev–Trinajstić information content (AvgIpc) is 2.36. The van der Waals surface area contributed by atoms with Crippen molar-refractivity contribution < 1.29 is 0 Å². The molecule has 110 valence electrons. The maximum Gasteiger partial charge on any atom is -0.0223 e. The van der Waals surface area contributed by atoms with Crippen LogP contribution in [0.3, 0.4) is 0 Å². The van der Waals surface area contributed by atoms with E-state index in [-0.39, 0.29) is 0 Å². The molecule has 0 amide bonds. The smallest absolute Gasteiger partial charge is 0.0223 e. The van der Waals surface area contributed by atoms with E-state index in [1.54, 1.807) is 0 Å². The maximum absolute atomic E-state index is 2.53. The maximum atomic E-state index is 2.53. The van der Waals surface area contributed by atoms with Gasteiger partial charge in [-0.3, -0.25) is 0 Å². The van der Waals surface area contributed by atoms with Crippen LogP contribution in [0.1, 0.15) is 93.4 Å². The Morgan fingerprint density at radius 3 is 1.72 bits per heavy atom. The Kier molecular flexibility index (Phi) is 8.99. The highest BCUT2D eigenvalue weighted by molar-refractivity contribution is 4.90. The molecule has 0 radical (unpaired) electrons. The van der Waals surface area contributed by atoms with Crippen LogP contribution < -0.4 is 0 Å². The quantitative estimate of drug-likeness (QED) is 0.407. The Bertz CT molecular complexity index is 194. The van der Waals surface area contributed by atoms with Gasteiger partial charge in [0.1, 0.15) is 0 Å². The van der Waals surface area contributed by atoms with Crippen LogP contribution in [0.2, 0.25) is 0 Å². The van der Waals surface area contributed by atoms with Crippen molar-refractivity contribution in [2.24, 2.45) is 23.2 Å². The Hall–Kier alpha value is 0. The molecule has 0 aliphatic rings. The topological polar surface area (TPSA) is 0 Å². The monoisotopic (exact) mass is 254 g/mol. The van der Waals surface area contributed by atoms with Crippen molar-refractivity contribution in [1.82, 2.24) is 0 Å². The second kappa shape index (κ2) is 8.99. The number of hydrogen-bond acceptors (Lipinski definition) is 0. The van der Waals surface area contributed by atoms with E-state index in [1.165, 1.54) is 44.9 Å². The summed E-state index contributed by atoms with van der Waals surface area (Å²) in [6.45, 7) is 17.0. The Morgan fingerprint density at radius 2 is 1.33 bits per heavy atom. The number of rotatable bonds is 10. The number of unbranched alkanes of at least 4 members (excludes halogenated alkanes) is 2. The van der Waals surface area contributed by atoms with Crippen molar-refractivity contribution >= 4 is 0 Å². The molecule has 3 unspecified atom stereocenters. The van der Waals surface area contributed by atoms with Crippen molar-refractivity contribution in [3.05, 3.63) is 0 Å². The predicted molar refractivity (Wildman–Crippen MR) is 84.9 cm³/mol. The minimum Gasteiger partial charge on any atom is -0.0654 e. The van der Waals surface area contributed by atoms with Gasteiger partial charge in [0.05, 0.1) is 0 Å². The predicted octanol–water partition coefficient (Wildman–Crippen LogP) is 6.69. The van der Waals surface area contributed by atoms with Crippen LogP contribution in [0.25, 0.3) is 0 Å². The molecule has 0 heterocycles. The molecule has 0 spiro atoms. The van der Waals surface area contributed by atoms with E-state index in [2.05, 4.69) is 48.5 Å². The van der Waals surface area contributed by atoms with Crippen molar-refractivity contribution in [3.63, 3.8) is 0 Å². The Labute approximate surface area is 117 Å². The highest BCUT2D eigenvalue weighted by atomic mass is 14.5. The van der Waals surface area contributed by atoms with Crippen molar-refractivity contribution in [2.45, 2.75) is 93.4 Å². The molecule has 0 saturated carbocycles. The minimum absolute atomic E-state index is 0.569. The van der Waals surface area contributed by atoms with Crippen LogP contribution in [-0.4, -0.2) is 0 Å². The first-order valence-corrected chi connectivity index (χ1v) is 8.47. The minimum atomic E-state index is 0.569. The third-order valence-corrected chi connectivity index (χ3v) is 5.48. The van der Waals surface area contributed by atoms with Gasteiger partial charge in [-0.25, -0.2) is 0 Å². The van der Waals surface area contributed by atoms with Gasteiger partial charge in [-0.15, -0.1) is 0 Å². The SMILES string of the molecule is CCCCC(C)C(CCCC)(C(C)C)C(C)CC. The summed E-state index contributed by atoms with van der Waals surface area (Å²) in [7, 11) is 0. The Morgan fingerprint density at radius 1 is 0.778 bits per heavy atom. The largest absolute Gasteiger partial charge is 0.0654 e. The molecule has 0 saturated heterocycles. The normalized spacial score (nSPS) is 18.7. The van der Waals surface area contributed by atoms with Gasteiger partial charge in [-0.1, -0.05) is 87.0 Å². The lowest BCUT2D eigenvalue weighted by Crippen LogP contribution is -2.40. The third-order valence-electron chi connectivity index (χ3n) is 5.48. The fraction of sp³-hybridized carbons (Fsp3) is 1.00. The standard InChI is InChI=1S/C18H38/c1-8-11-13-17(7)18(15(4)5,14-12-9-2)16(6)10-3/h15-17H,8-14H2,1-7H3. The second-order valence-corrected chi connectivity index (χ2v) is 6.72. The summed E-state index contributed by atoms with van der Waals surface area (Å²) in [4.78, 5) is 0. The highest BCUT2D eigenvalue weighted by Crippen LogP contribution is 2.50. The van der Waals surface area contributed by atoms with Crippen LogP contribution >= 0.6 is 0 Å². The molecule has 0 aliphatic carbocycles. The first-order chi connectivity index (χ1) is 8.47. The van der Waals surface area contributed by atoms with E-state index >= 15 is 0 Å². The second-order valence-electron chi connectivity index (χ2n) is 6.72. The molecule has 18 heavy (non-hydrogen) atoms. The van der Waals surface area contributed by atoms with Gasteiger partial charge in [0, 0.05) is 0 Å². The van der Waals surface area contributed by atoms with Gasteiger partial charge in [-0.2, -0.15) is 0 Å². The van der Waals surface area contributed by atoms with E-state index in [1.807, 2.05) is 0 Å². The van der Waals surface area contributed by atoms with Crippen LogP contribution in [-0.2, 0) is 0 Å². The Balaban J connectivity index is 5.04. The molecule has 0 aromatic carbocycles. The van der Waals surface area contributed by atoms with E-state index in [9.17, 15) is 0 Å². The van der Waals surface area contributed by atoms with E-state index in [0.29, 0.717) is 5.41 Å². The fourth-order valence-electron chi connectivity index (χ4n) is 4.05. The fourth-order valence-corrected chi connectivity index (χ4v) is 4.05. The molecule has 3 atom stereocenters. The summed E-state index contributed by atoms with van der Waals surface area (Å²) in [5.41, 5.74) is 0.569. The van der Waals surface area contributed by atoms with Gasteiger partial charge in [0.15, 0.2) is 0 Å². The average molecular weight is 255 g/mol. The first kappa shape index (κ1) is 18.0. The zero-order valence-electron chi connectivity index (χ0n) is 14.2. The lowest BCUT2D eigenvalue weighted by atomic mass is 9.57. The summed E-state index contributed by atoms with van der Waals surface area (Å²) in [6.07, 6.45) is 9.66. The molecule has 0 heteroatoms. The van der Waals surface area contributed by atoms with Gasteiger partial charge < -0.3 is 0 Å². The summed E-state index contributed by atoms with van der Waals surface area (Å²) in [6, 6.07) is 0. The summed E-state index contributed by atoms with van der Waals surface area (Å²) in [5.74, 6) is 2.54. The van der Waals surface area contributed by atoms with E-state index in [0.717, 1.165) is 17.8 Å². The molecule has 0 rings (SSSR count). The van der Waals surface area contributed by atoms with E-state index < -0.39 is 0 Å². The zero-order chi connectivity index (χ0) is 14.2. The van der Waals surface area contributed by atoms with Gasteiger partial charge in [0.25, 0.3) is 0 Å². The number of hydrogen-bond donors (Lipinski definition) is 0. The van der Waals surface area contributed by atoms with E-state index in [4.69, 9.17) is 0 Å². The van der Waals surface area contributed by atoms with Crippen LogP contribution in [0, 0.1) is 23.2 Å². The molecule has 0 bridgehead atoms. The molecular formula is C18H38.